The number of nitrogens with one attached hydrogen (secondary N) is 1. The van der Waals surface area contributed by atoms with Crippen LogP contribution < -0.4 is 0 Å². The molecule has 4 nitrogen and oxygen atoms in total. The Balaban J connectivity index is 1.46. The second-order valence-electron chi connectivity index (χ2n) is 9.76. The van der Waals surface area contributed by atoms with E-state index in [1.165, 1.54) is 43.5 Å². The van der Waals surface area contributed by atoms with Crippen LogP contribution in [0.1, 0.15) is 0 Å². The first kappa shape index (κ1) is 19.1. The number of hydrogen-bond acceptors (Lipinski definition) is 1. The zero-order chi connectivity index (χ0) is 24.1. The van der Waals surface area contributed by atoms with Gasteiger partial charge in [-0.3, -0.25) is 4.40 Å². The molecule has 0 aliphatic carbocycles. The lowest BCUT2D eigenvalue weighted by molar-refractivity contribution is 1.18. The van der Waals surface area contributed by atoms with Gasteiger partial charge in [-0.25, -0.2) is 4.98 Å². The van der Waals surface area contributed by atoms with E-state index in [9.17, 15) is 0 Å². The van der Waals surface area contributed by atoms with Gasteiger partial charge in [-0.1, -0.05) is 78.9 Å². The highest BCUT2D eigenvalue weighted by atomic mass is 15.1. The number of nitrogens with zero attached hydrogens (tertiary/aromatic N) is 3. The van der Waals surface area contributed by atoms with Crippen molar-refractivity contribution in [3.05, 3.63) is 115 Å². The van der Waals surface area contributed by atoms with Crippen LogP contribution >= 0.6 is 0 Å². The second kappa shape index (κ2) is 6.77. The van der Waals surface area contributed by atoms with E-state index in [2.05, 4.69) is 129 Å². The molecule has 0 amide bonds. The van der Waals surface area contributed by atoms with E-state index >= 15 is 0 Å². The van der Waals surface area contributed by atoms with Gasteiger partial charge in [0.1, 0.15) is 5.65 Å². The van der Waals surface area contributed by atoms with Gasteiger partial charge < -0.3 is 9.55 Å². The molecule has 0 aliphatic heterocycles. The molecule has 0 aliphatic rings. The summed E-state index contributed by atoms with van der Waals surface area (Å²) in [5.41, 5.74) is 8.85. The van der Waals surface area contributed by atoms with Crippen LogP contribution in [0.5, 0.6) is 0 Å². The van der Waals surface area contributed by atoms with Crippen LogP contribution in [0.4, 0.5) is 0 Å². The van der Waals surface area contributed by atoms with E-state index in [4.69, 9.17) is 4.98 Å². The lowest BCUT2D eigenvalue weighted by atomic mass is 10.1. The van der Waals surface area contributed by atoms with Crippen molar-refractivity contribution >= 4 is 71.2 Å². The van der Waals surface area contributed by atoms with Gasteiger partial charge in [0.2, 0.25) is 0 Å². The topological polar surface area (TPSA) is 38.0 Å². The summed E-state index contributed by atoms with van der Waals surface area (Å²) in [7, 11) is 0. The maximum absolute atomic E-state index is 5.12. The van der Waals surface area contributed by atoms with Crippen molar-refractivity contribution < 1.29 is 0 Å². The standard InChI is InChI=1S/C33H20N4/c1-2-13-25-21(9-1)22-10-3-8-16-30(22)37-31-26-19-20(17-18-27(26)34-32(31)35-33(25)37)36-28-14-6-4-11-23(28)24-12-5-7-15-29(24)36/h1-19,34H. The molecule has 9 rings (SSSR count). The molecule has 0 atom stereocenters. The zero-order valence-corrected chi connectivity index (χ0v) is 19.8. The van der Waals surface area contributed by atoms with Crippen molar-refractivity contribution in [3.63, 3.8) is 0 Å². The molecule has 4 heterocycles. The minimum Gasteiger partial charge on any atom is -0.338 e. The number of rotatable bonds is 1. The summed E-state index contributed by atoms with van der Waals surface area (Å²) in [5, 5.41) is 7.33. The average molecular weight is 473 g/mol. The molecule has 0 saturated heterocycles. The Morgan fingerprint density at radius 3 is 1.78 bits per heavy atom. The fourth-order valence-electron chi connectivity index (χ4n) is 6.28. The van der Waals surface area contributed by atoms with E-state index in [-0.39, 0.29) is 0 Å². The molecule has 1 N–H and O–H groups in total. The smallest absolute Gasteiger partial charge is 0.158 e. The maximum atomic E-state index is 5.12. The Hall–Kier alpha value is -5.09. The fourth-order valence-corrected chi connectivity index (χ4v) is 6.28. The van der Waals surface area contributed by atoms with Gasteiger partial charge in [0.15, 0.2) is 5.65 Å². The third-order valence-corrected chi connectivity index (χ3v) is 7.83. The molecule has 0 fully saturated rings. The maximum Gasteiger partial charge on any atom is 0.158 e. The van der Waals surface area contributed by atoms with Gasteiger partial charge >= 0.3 is 0 Å². The van der Waals surface area contributed by atoms with E-state index in [0.717, 1.165) is 33.4 Å². The Morgan fingerprint density at radius 2 is 1.08 bits per heavy atom. The summed E-state index contributed by atoms with van der Waals surface area (Å²) in [6, 6.07) is 41.2. The molecule has 9 aromatic rings. The first-order chi connectivity index (χ1) is 18.4. The molecule has 0 radical (unpaired) electrons. The van der Waals surface area contributed by atoms with Crippen molar-refractivity contribution in [3.8, 4) is 5.69 Å². The Bertz CT molecular complexity index is 2280. The summed E-state index contributed by atoms with van der Waals surface area (Å²) in [4.78, 5) is 8.73. The zero-order valence-electron chi connectivity index (χ0n) is 19.8. The van der Waals surface area contributed by atoms with Crippen LogP contribution in [-0.2, 0) is 0 Å². The largest absolute Gasteiger partial charge is 0.338 e. The fraction of sp³-hybridized carbons (Fsp3) is 0. The molecule has 4 aromatic heterocycles. The van der Waals surface area contributed by atoms with E-state index < -0.39 is 0 Å². The van der Waals surface area contributed by atoms with Gasteiger partial charge in [0.05, 0.1) is 22.1 Å². The molecule has 0 saturated carbocycles. The van der Waals surface area contributed by atoms with Crippen LogP contribution in [0.25, 0.3) is 76.9 Å². The van der Waals surface area contributed by atoms with Crippen LogP contribution in [0.3, 0.4) is 0 Å². The number of para-hydroxylation sites is 3. The first-order valence-electron chi connectivity index (χ1n) is 12.6. The minimum absolute atomic E-state index is 0.913. The van der Waals surface area contributed by atoms with Crippen molar-refractivity contribution in [2.24, 2.45) is 0 Å². The normalized spacial score (nSPS) is 12.3. The van der Waals surface area contributed by atoms with Crippen LogP contribution in [0.15, 0.2) is 115 Å². The summed E-state index contributed by atoms with van der Waals surface area (Å²) in [6.07, 6.45) is 0. The third kappa shape index (κ3) is 2.39. The van der Waals surface area contributed by atoms with Gasteiger partial charge in [0, 0.05) is 38.1 Å². The minimum atomic E-state index is 0.913. The predicted molar refractivity (Wildman–Crippen MR) is 154 cm³/mol. The quantitative estimate of drug-likeness (QED) is 0.239. The number of fused-ring (bicyclic) bond motifs is 13. The summed E-state index contributed by atoms with van der Waals surface area (Å²) < 4.78 is 4.71. The number of benzene rings is 5. The monoisotopic (exact) mass is 472 g/mol. The van der Waals surface area contributed by atoms with Crippen molar-refractivity contribution in [2.75, 3.05) is 0 Å². The van der Waals surface area contributed by atoms with Gasteiger partial charge in [-0.05, 0) is 41.8 Å². The van der Waals surface area contributed by atoms with Crippen molar-refractivity contribution in [1.29, 1.82) is 0 Å². The van der Waals surface area contributed by atoms with Crippen LogP contribution in [-0.4, -0.2) is 18.9 Å². The third-order valence-electron chi connectivity index (χ3n) is 7.83. The van der Waals surface area contributed by atoms with Crippen molar-refractivity contribution in [2.45, 2.75) is 0 Å². The van der Waals surface area contributed by atoms with Crippen LogP contribution in [0.2, 0.25) is 0 Å². The summed E-state index contributed by atoms with van der Waals surface area (Å²) in [6.45, 7) is 0. The number of aromatic amines is 1. The molecular weight excluding hydrogens is 452 g/mol. The molecule has 0 unspecified atom stereocenters. The second-order valence-corrected chi connectivity index (χ2v) is 9.76. The number of imidazole rings is 1. The Kier molecular flexibility index (Phi) is 3.50. The highest BCUT2D eigenvalue weighted by Gasteiger charge is 2.18. The van der Waals surface area contributed by atoms with E-state index in [1.807, 2.05) is 0 Å². The number of hydrogen-bond donors (Lipinski definition) is 1. The Labute approximate surface area is 211 Å². The number of aromatic nitrogens is 4. The lowest BCUT2D eigenvalue weighted by Crippen LogP contribution is -1.94. The predicted octanol–water partition coefficient (Wildman–Crippen LogP) is 8.37. The molecule has 0 bridgehead atoms. The summed E-state index contributed by atoms with van der Waals surface area (Å²) in [5.74, 6) is 0. The van der Waals surface area contributed by atoms with Crippen LogP contribution in [0, 0.1) is 0 Å². The molecule has 5 aromatic carbocycles. The first-order valence-corrected chi connectivity index (χ1v) is 12.6. The molecule has 172 valence electrons. The summed E-state index contributed by atoms with van der Waals surface area (Å²) >= 11 is 0. The highest BCUT2D eigenvalue weighted by Crippen LogP contribution is 2.37. The highest BCUT2D eigenvalue weighted by molar-refractivity contribution is 6.17. The molecule has 0 spiro atoms. The average Bonchev–Trinajstić information content (AvgIpc) is 3.61. The number of H-pyrrole nitrogens is 1. The molecule has 37 heavy (non-hydrogen) atoms. The molecular formula is C33H20N4. The van der Waals surface area contributed by atoms with E-state index in [1.54, 1.807) is 0 Å². The van der Waals surface area contributed by atoms with E-state index in [0.29, 0.717) is 0 Å². The SMILES string of the molecule is c1ccc2c(c1)c1ccccc1n1c2nc2[nH]c3ccc(-n4c5ccccc5c5ccccc54)cc3c21. The lowest BCUT2D eigenvalue weighted by Gasteiger charge is -2.10. The van der Waals surface area contributed by atoms with Gasteiger partial charge in [-0.15, -0.1) is 0 Å². The number of pyridine rings is 1. The molecule has 4 heteroatoms. The van der Waals surface area contributed by atoms with Gasteiger partial charge in [-0.2, -0.15) is 0 Å². The van der Waals surface area contributed by atoms with Crippen molar-refractivity contribution in [1.82, 2.24) is 18.9 Å². The van der Waals surface area contributed by atoms with Gasteiger partial charge in [0.25, 0.3) is 0 Å². The Morgan fingerprint density at radius 1 is 0.514 bits per heavy atom.